The van der Waals surface area contributed by atoms with Crippen LogP contribution < -0.4 is 0 Å². The van der Waals surface area contributed by atoms with Crippen LogP contribution in [0.3, 0.4) is 0 Å². The summed E-state index contributed by atoms with van der Waals surface area (Å²) in [5, 5.41) is 13.9. The molecule has 1 fully saturated rings. The van der Waals surface area contributed by atoms with Crippen LogP contribution >= 0.6 is 11.8 Å². The number of hydrogen-bond donors (Lipinski definition) is 0. The maximum atomic E-state index is 4.47. The Morgan fingerprint density at radius 3 is 2.80 bits per heavy atom. The third kappa shape index (κ3) is 4.28. The van der Waals surface area contributed by atoms with Crippen molar-refractivity contribution in [3.63, 3.8) is 0 Å². The lowest BCUT2D eigenvalue weighted by atomic mass is 10.2. The van der Waals surface area contributed by atoms with E-state index in [-0.39, 0.29) is 0 Å². The molecule has 0 atom stereocenters. The number of aromatic nitrogens is 6. The number of tetrazole rings is 1. The van der Waals surface area contributed by atoms with Crippen molar-refractivity contribution in [1.29, 1.82) is 0 Å². The lowest BCUT2D eigenvalue weighted by molar-refractivity contribution is 0.486. The fraction of sp³-hybridized carbons (Fsp3) is 0.444. The first-order valence-corrected chi connectivity index (χ1v) is 9.87. The molecule has 0 saturated heterocycles. The van der Waals surface area contributed by atoms with E-state index in [0.29, 0.717) is 11.9 Å². The average Bonchev–Trinajstić information content (AvgIpc) is 3.19. The van der Waals surface area contributed by atoms with E-state index >= 15 is 0 Å². The molecule has 0 radical (unpaired) electrons. The molecule has 7 heteroatoms. The van der Waals surface area contributed by atoms with Gasteiger partial charge in [-0.3, -0.25) is 0 Å². The quantitative estimate of drug-likeness (QED) is 0.432. The van der Waals surface area contributed by atoms with Crippen molar-refractivity contribution in [1.82, 2.24) is 29.8 Å². The largest absolute Gasteiger partial charge is 0.323 e. The van der Waals surface area contributed by atoms with Crippen LogP contribution in [0.2, 0.25) is 0 Å². The number of imidazole rings is 1. The molecule has 1 aliphatic carbocycles. The number of hydrogen-bond acceptors (Lipinski definition) is 5. The van der Waals surface area contributed by atoms with Gasteiger partial charge in [-0.1, -0.05) is 48.5 Å². The van der Waals surface area contributed by atoms with Crippen LogP contribution in [-0.2, 0) is 6.54 Å². The monoisotopic (exact) mass is 354 g/mol. The van der Waals surface area contributed by atoms with Crippen molar-refractivity contribution < 1.29 is 0 Å². The summed E-state index contributed by atoms with van der Waals surface area (Å²) in [5.41, 5.74) is 1.01. The average molecular weight is 354 g/mol. The van der Waals surface area contributed by atoms with Gasteiger partial charge in [0.1, 0.15) is 0 Å². The van der Waals surface area contributed by atoms with E-state index in [0.717, 1.165) is 24.3 Å². The first-order chi connectivity index (χ1) is 12.4. The van der Waals surface area contributed by atoms with Crippen LogP contribution in [0.5, 0.6) is 0 Å². The SMILES string of the molecule is c1ccc(-c2nnn(CCCCCSc3nccn3C3CC3)n2)cc1. The molecule has 25 heavy (non-hydrogen) atoms. The third-order valence-electron chi connectivity index (χ3n) is 4.29. The van der Waals surface area contributed by atoms with E-state index < -0.39 is 0 Å². The summed E-state index contributed by atoms with van der Waals surface area (Å²) in [6.07, 6.45) is 10.1. The molecule has 1 saturated carbocycles. The smallest absolute Gasteiger partial charge is 0.204 e. The van der Waals surface area contributed by atoms with Crippen LogP contribution in [0.1, 0.15) is 38.1 Å². The molecule has 0 N–H and O–H groups in total. The van der Waals surface area contributed by atoms with Crippen molar-refractivity contribution >= 4 is 11.8 Å². The Morgan fingerprint density at radius 2 is 1.96 bits per heavy atom. The minimum absolute atomic E-state index is 0.697. The lowest BCUT2D eigenvalue weighted by Gasteiger charge is -2.05. The molecule has 0 spiro atoms. The summed E-state index contributed by atoms with van der Waals surface area (Å²) in [6.45, 7) is 0.821. The summed E-state index contributed by atoms with van der Waals surface area (Å²) in [6, 6.07) is 10.7. The Hall–Kier alpha value is -2.15. The predicted molar refractivity (Wildman–Crippen MR) is 98.3 cm³/mol. The molecule has 0 unspecified atom stereocenters. The maximum absolute atomic E-state index is 4.47. The van der Waals surface area contributed by atoms with Gasteiger partial charge in [0.05, 0.1) is 6.54 Å². The van der Waals surface area contributed by atoms with Gasteiger partial charge in [0.2, 0.25) is 5.82 Å². The van der Waals surface area contributed by atoms with E-state index in [1.54, 1.807) is 4.80 Å². The Balaban J connectivity index is 1.16. The van der Waals surface area contributed by atoms with Crippen LogP contribution in [-0.4, -0.2) is 35.5 Å². The molecular weight excluding hydrogens is 332 g/mol. The van der Waals surface area contributed by atoms with Gasteiger partial charge in [-0.05, 0) is 30.9 Å². The highest BCUT2D eigenvalue weighted by atomic mass is 32.2. The second-order valence-electron chi connectivity index (χ2n) is 6.33. The highest BCUT2D eigenvalue weighted by Crippen LogP contribution is 2.37. The number of nitrogens with zero attached hydrogens (tertiary/aromatic N) is 6. The van der Waals surface area contributed by atoms with Gasteiger partial charge in [-0.2, -0.15) is 4.80 Å². The highest BCUT2D eigenvalue weighted by molar-refractivity contribution is 7.99. The Morgan fingerprint density at radius 1 is 1.08 bits per heavy atom. The number of benzene rings is 1. The highest BCUT2D eigenvalue weighted by Gasteiger charge is 2.25. The van der Waals surface area contributed by atoms with Crippen LogP contribution in [0.25, 0.3) is 11.4 Å². The number of thioether (sulfide) groups is 1. The van der Waals surface area contributed by atoms with Gasteiger partial charge in [-0.25, -0.2) is 4.98 Å². The molecule has 0 bridgehead atoms. The molecule has 130 valence electrons. The van der Waals surface area contributed by atoms with E-state index in [9.17, 15) is 0 Å². The summed E-state index contributed by atoms with van der Waals surface area (Å²) >= 11 is 1.87. The molecule has 0 aliphatic heterocycles. The molecule has 1 aromatic carbocycles. The third-order valence-corrected chi connectivity index (χ3v) is 5.36. The second-order valence-corrected chi connectivity index (χ2v) is 7.39. The molecule has 4 rings (SSSR count). The van der Waals surface area contributed by atoms with Crippen molar-refractivity contribution in [3.8, 4) is 11.4 Å². The fourth-order valence-electron chi connectivity index (χ4n) is 2.78. The van der Waals surface area contributed by atoms with E-state index in [2.05, 4.69) is 31.2 Å². The van der Waals surface area contributed by atoms with Crippen molar-refractivity contribution in [2.75, 3.05) is 5.75 Å². The first kappa shape index (κ1) is 16.3. The number of rotatable bonds is 9. The fourth-order valence-corrected chi connectivity index (χ4v) is 3.80. The predicted octanol–water partition coefficient (Wildman–Crippen LogP) is 3.83. The summed E-state index contributed by atoms with van der Waals surface area (Å²) in [7, 11) is 0. The summed E-state index contributed by atoms with van der Waals surface area (Å²) < 4.78 is 2.33. The van der Waals surface area contributed by atoms with Crippen molar-refractivity contribution in [2.24, 2.45) is 0 Å². The van der Waals surface area contributed by atoms with E-state index in [1.807, 2.05) is 48.3 Å². The molecule has 2 heterocycles. The number of aryl methyl sites for hydroxylation is 1. The van der Waals surface area contributed by atoms with Crippen LogP contribution in [0.4, 0.5) is 0 Å². The van der Waals surface area contributed by atoms with Crippen molar-refractivity contribution in [3.05, 3.63) is 42.7 Å². The van der Waals surface area contributed by atoms with Crippen LogP contribution in [0, 0.1) is 0 Å². The van der Waals surface area contributed by atoms with Gasteiger partial charge >= 0.3 is 0 Å². The van der Waals surface area contributed by atoms with Crippen molar-refractivity contribution in [2.45, 2.75) is 49.8 Å². The molecule has 3 aromatic rings. The van der Waals surface area contributed by atoms with Gasteiger partial charge < -0.3 is 4.57 Å². The van der Waals surface area contributed by atoms with Gasteiger partial charge in [0, 0.05) is 29.8 Å². The maximum Gasteiger partial charge on any atom is 0.204 e. The minimum Gasteiger partial charge on any atom is -0.323 e. The Bertz CT molecular complexity index is 793. The Kier molecular flexibility index (Phi) is 5.11. The first-order valence-electron chi connectivity index (χ1n) is 8.89. The number of unbranched alkanes of at least 4 members (excludes halogenated alkanes) is 2. The summed E-state index contributed by atoms with van der Waals surface area (Å²) in [4.78, 5) is 6.17. The topological polar surface area (TPSA) is 61.4 Å². The molecule has 2 aromatic heterocycles. The molecule has 6 nitrogen and oxygen atoms in total. The summed E-state index contributed by atoms with van der Waals surface area (Å²) in [5.74, 6) is 1.81. The minimum atomic E-state index is 0.697. The van der Waals surface area contributed by atoms with Gasteiger partial charge in [-0.15, -0.1) is 10.2 Å². The normalized spacial score (nSPS) is 14.1. The van der Waals surface area contributed by atoms with Gasteiger partial charge in [0.15, 0.2) is 5.16 Å². The molecular formula is C18H22N6S. The van der Waals surface area contributed by atoms with E-state index in [4.69, 9.17) is 0 Å². The molecule has 1 aliphatic rings. The van der Waals surface area contributed by atoms with Gasteiger partial charge in [0.25, 0.3) is 0 Å². The zero-order valence-corrected chi connectivity index (χ0v) is 15.0. The Labute approximate surface area is 151 Å². The molecule has 0 amide bonds. The van der Waals surface area contributed by atoms with E-state index in [1.165, 1.54) is 30.8 Å². The lowest BCUT2D eigenvalue weighted by Crippen LogP contribution is -2.03. The zero-order chi connectivity index (χ0) is 16.9. The second kappa shape index (κ2) is 7.82. The van der Waals surface area contributed by atoms with Crippen LogP contribution in [0.15, 0.2) is 47.9 Å². The standard InChI is InChI=1S/C18H22N6S/c1-3-7-15(8-4-1)17-20-22-24(21-17)12-5-2-6-14-25-18-19-11-13-23(18)16-9-10-16/h1,3-4,7-8,11,13,16H,2,5-6,9-10,12,14H2. The zero-order valence-electron chi connectivity index (χ0n) is 14.2.